The van der Waals surface area contributed by atoms with Gasteiger partial charge in [-0.2, -0.15) is 0 Å². The van der Waals surface area contributed by atoms with Crippen molar-refractivity contribution in [2.75, 3.05) is 32.8 Å². The lowest BCUT2D eigenvalue weighted by Crippen LogP contribution is -2.43. The Labute approximate surface area is 136 Å². The van der Waals surface area contributed by atoms with Crippen molar-refractivity contribution in [1.82, 2.24) is 15.3 Å². The van der Waals surface area contributed by atoms with Crippen molar-refractivity contribution in [2.45, 2.75) is 71.6 Å². The molecule has 4 nitrogen and oxygen atoms in total. The second-order valence-corrected chi connectivity index (χ2v) is 8.55. The summed E-state index contributed by atoms with van der Waals surface area (Å²) in [5.41, 5.74) is 4.02. The maximum atomic E-state index is 6.10. The van der Waals surface area contributed by atoms with E-state index in [1.54, 1.807) is 0 Å². The van der Waals surface area contributed by atoms with Crippen molar-refractivity contribution in [3.63, 3.8) is 0 Å². The van der Waals surface area contributed by atoms with Crippen LogP contribution >= 0.6 is 0 Å². The Hall–Kier alpha value is -0.160. The lowest BCUT2D eigenvalue weighted by atomic mass is 9.75. The molecule has 128 valence electrons. The van der Waals surface area contributed by atoms with Gasteiger partial charge in [-0.1, -0.05) is 27.2 Å². The molecule has 3 aliphatic heterocycles. The molecule has 1 N–H and O–H groups in total. The van der Waals surface area contributed by atoms with Crippen LogP contribution < -0.4 is 5.43 Å². The fraction of sp³-hybridized carbons (Fsp3) is 1.00. The average Bonchev–Trinajstić information content (AvgIpc) is 2.89. The third-order valence-corrected chi connectivity index (χ3v) is 5.96. The molecule has 0 bridgehead atoms. The van der Waals surface area contributed by atoms with Crippen LogP contribution in [0.25, 0.3) is 0 Å². The van der Waals surface area contributed by atoms with E-state index in [0.717, 1.165) is 25.1 Å². The minimum Gasteiger partial charge on any atom is -0.361 e. The smallest absolute Gasteiger partial charge is 0.122 e. The number of hydrogen-bond acceptors (Lipinski definition) is 4. The summed E-state index contributed by atoms with van der Waals surface area (Å²) in [6.45, 7) is 12.8. The third-order valence-electron chi connectivity index (χ3n) is 5.96. The zero-order chi connectivity index (χ0) is 15.6. The minimum atomic E-state index is 0.259. The Morgan fingerprint density at radius 1 is 1.05 bits per heavy atom. The molecule has 0 aromatic rings. The van der Waals surface area contributed by atoms with E-state index in [4.69, 9.17) is 4.74 Å². The van der Waals surface area contributed by atoms with Gasteiger partial charge in [0.05, 0.1) is 6.61 Å². The summed E-state index contributed by atoms with van der Waals surface area (Å²) in [7, 11) is 0. The van der Waals surface area contributed by atoms with Crippen molar-refractivity contribution in [3.05, 3.63) is 0 Å². The van der Waals surface area contributed by atoms with E-state index >= 15 is 0 Å². The SMILES string of the molecule is CC(C)(C)C1CCN(CCOC2CC3CCCCN3N2)CC1. The van der Waals surface area contributed by atoms with Crippen LogP contribution in [0, 0.1) is 11.3 Å². The molecule has 0 saturated carbocycles. The summed E-state index contributed by atoms with van der Waals surface area (Å²) in [5.74, 6) is 0.886. The first kappa shape index (κ1) is 16.7. The van der Waals surface area contributed by atoms with Crippen LogP contribution in [0.2, 0.25) is 0 Å². The van der Waals surface area contributed by atoms with Crippen molar-refractivity contribution < 1.29 is 4.74 Å². The molecular weight excluding hydrogens is 274 g/mol. The summed E-state index contributed by atoms with van der Waals surface area (Å²) in [4.78, 5) is 2.59. The Morgan fingerprint density at radius 3 is 2.50 bits per heavy atom. The second kappa shape index (κ2) is 7.16. The Balaban J connectivity index is 1.31. The standard InChI is InChI=1S/C18H35N3O/c1-18(2,3)15-7-10-20(11-8-15)12-13-22-17-14-16-6-4-5-9-21(16)19-17/h15-17,19H,4-14H2,1-3H3. The number of hydrazine groups is 1. The highest BCUT2D eigenvalue weighted by Gasteiger charge is 2.34. The lowest BCUT2D eigenvalue weighted by Gasteiger charge is -2.38. The van der Waals surface area contributed by atoms with Gasteiger partial charge < -0.3 is 9.64 Å². The van der Waals surface area contributed by atoms with E-state index in [0.29, 0.717) is 5.41 Å². The molecule has 3 fully saturated rings. The van der Waals surface area contributed by atoms with Gasteiger partial charge in [-0.05, 0) is 50.1 Å². The summed E-state index contributed by atoms with van der Waals surface area (Å²) >= 11 is 0. The third kappa shape index (κ3) is 4.22. The van der Waals surface area contributed by atoms with Crippen LogP contribution in [0.5, 0.6) is 0 Å². The molecule has 0 amide bonds. The second-order valence-electron chi connectivity index (χ2n) is 8.55. The highest BCUT2D eigenvalue weighted by Crippen LogP contribution is 2.34. The van der Waals surface area contributed by atoms with Gasteiger partial charge in [-0.3, -0.25) is 0 Å². The van der Waals surface area contributed by atoms with Gasteiger partial charge in [0.1, 0.15) is 6.23 Å². The van der Waals surface area contributed by atoms with Gasteiger partial charge in [-0.15, -0.1) is 0 Å². The lowest BCUT2D eigenvalue weighted by molar-refractivity contribution is -0.00118. The number of ether oxygens (including phenoxy) is 1. The fourth-order valence-electron chi connectivity index (χ4n) is 4.35. The average molecular weight is 309 g/mol. The number of rotatable bonds is 4. The zero-order valence-corrected chi connectivity index (χ0v) is 14.8. The number of piperidine rings is 2. The van der Waals surface area contributed by atoms with Crippen LogP contribution in [0.3, 0.4) is 0 Å². The van der Waals surface area contributed by atoms with Gasteiger partial charge in [-0.25, -0.2) is 10.4 Å². The van der Waals surface area contributed by atoms with E-state index in [2.05, 4.69) is 36.1 Å². The molecule has 4 heteroatoms. The van der Waals surface area contributed by atoms with E-state index in [-0.39, 0.29) is 6.23 Å². The largest absolute Gasteiger partial charge is 0.361 e. The molecule has 3 rings (SSSR count). The van der Waals surface area contributed by atoms with Gasteiger partial charge in [0, 0.05) is 25.6 Å². The van der Waals surface area contributed by atoms with Crippen LogP contribution in [-0.4, -0.2) is 55.0 Å². The molecule has 0 aromatic heterocycles. The first-order valence-corrected chi connectivity index (χ1v) is 9.39. The molecule has 3 aliphatic rings. The molecule has 2 unspecified atom stereocenters. The van der Waals surface area contributed by atoms with Gasteiger partial charge in [0.25, 0.3) is 0 Å². The molecule has 0 spiro atoms. The predicted octanol–water partition coefficient (Wildman–Crippen LogP) is 2.85. The van der Waals surface area contributed by atoms with Crippen molar-refractivity contribution in [2.24, 2.45) is 11.3 Å². The number of hydrogen-bond donors (Lipinski definition) is 1. The molecule has 0 aliphatic carbocycles. The monoisotopic (exact) mass is 309 g/mol. The van der Waals surface area contributed by atoms with Gasteiger partial charge in [0.15, 0.2) is 0 Å². The van der Waals surface area contributed by atoms with E-state index in [9.17, 15) is 0 Å². The zero-order valence-electron chi connectivity index (χ0n) is 14.8. The topological polar surface area (TPSA) is 27.7 Å². The molecule has 2 atom stereocenters. The van der Waals surface area contributed by atoms with Crippen LogP contribution in [0.15, 0.2) is 0 Å². The number of nitrogens with one attached hydrogen (secondary N) is 1. The Bertz CT molecular complexity index is 333. The van der Waals surface area contributed by atoms with Crippen molar-refractivity contribution >= 4 is 0 Å². The predicted molar refractivity (Wildman–Crippen MR) is 90.5 cm³/mol. The fourth-order valence-corrected chi connectivity index (χ4v) is 4.35. The number of likely N-dealkylation sites (tertiary alicyclic amines) is 1. The summed E-state index contributed by atoms with van der Waals surface area (Å²) in [6, 6.07) is 0.723. The van der Waals surface area contributed by atoms with Crippen molar-refractivity contribution in [3.8, 4) is 0 Å². The highest BCUT2D eigenvalue weighted by atomic mass is 16.5. The molecule has 3 saturated heterocycles. The van der Waals surface area contributed by atoms with Crippen LogP contribution in [0.4, 0.5) is 0 Å². The van der Waals surface area contributed by atoms with Gasteiger partial charge >= 0.3 is 0 Å². The summed E-state index contributed by atoms with van der Waals surface area (Å²) in [6.07, 6.45) is 8.19. The summed E-state index contributed by atoms with van der Waals surface area (Å²) in [5, 5.41) is 2.42. The molecular formula is C18H35N3O. The highest BCUT2D eigenvalue weighted by molar-refractivity contribution is 4.83. The van der Waals surface area contributed by atoms with Crippen LogP contribution in [0.1, 0.15) is 59.3 Å². The Kier molecular flexibility index (Phi) is 5.43. The minimum absolute atomic E-state index is 0.259. The molecule has 22 heavy (non-hydrogen) atoms. The van der Waals surface area contributed by atoms with Crippen molar-refractivity contribution in [1.29, 1.82) is 0 Å². The first-order chi connectivity index (χ1) is 10.5. The Morgan fingerprint density at radius 2 is 1.82 bits per heavy atom. The van der Waals surface area contributed by atoms with E-state index in [1.165, 1.54) is 58.2 Å². The van der Waals surface area contributed by atoms with Gasteiger partial charge in [0.2, 0.25) is 0 Å². The summed E-state index contributed by atoms with van der Waals surface area (Å²) < 4.78 is 6.10. The molecule has 3 heterocycles. The maximum absolute atomic E-state index is 6.10. The normalized spacial score (nSPS) is 32.3. The first-order valence-electron chi connectivity index (χ1n) is 9.39. The molecule has 0 aromatic carbocycles. The van der Waals surface area contributed by atoms with E-state index in [1.807, 2.05) is 0 Å². The quantitative estimate of drug-likeness (QED) is 0.864. The number of fused-ring (bicyclic) bond motifs is 1. The molecule has 0 radical (unpaired) electrons. The van der Waals surface area contributed by atoms with E-state index < -0.39 is 0 Å². The maximum Gasteiger partial charge on any atom is 0.122 e. The van der Waals surface area contributed by atoms with Crippen LogP contribution in [-0.2, 0) is 4.74 Å². The number of nitrogens with zero attached hydrogens (tertiary/aromatic N) is 2.